The highest BCUT2D eigenvalue weighted by molar-refractivity contribution is 5.96. The van der Waals surface area contributed by atoms with Gasteiger partial charge >= 0.3 is 5.97 Å². The van der Waals surface area contributed by atoms with Crippen molar-refractivity contribution >= 4 is 11.8 Å². The zero-order valence-corrected chi connectivity index (χ0v) is 13.2. The molecule has 0 radical (unpaired) electrons. The fraction of sp³-hybridized carbons (Fsp3) is 0.529. The third-order valence-electron chi connectivity index (χ3n) is 2.92. The topological polar surface area (TPSA) is 63.6 Å². The molecule has 0 bridgehead atoms. The molecule has 0 aliphatic heterocycles. The molecule has 0 heterocycles. The lowest BCUT2D eigenvalue weighted by molar-refractivity contribution is -0.154. The standard InChI is InChI=1S/C17H24O4/c1-12(18)13-8-10-14(11-9-13)15(19)6-5-7-16(20)21-17(2,3)4/h8-12,18H,5-7H2,1-4H3. The first kappa shape index (κ1) is 17.4. The van der Waals surface area contributed by atoms with Crippen molar-refractivity contribution in [3.8, 4) is 0 Å². The van der Waals surface area contributed by atoms with Gasteiger partial charge in [-0.3, -0.25) is 9.59 Å². The molecular formula is C17H24O4. The lowest BCUT2D eigenvalue weighted by Crippen LogP contribution is -2.23. The van der Waals surface area contributed by atoms with Crippen LogP contribution in [0.3, 0.4) is 0 Å². The van der Waals surface area contributed by atoms with Gasteiger partial charge in [0.1, 0.15) is 5.60 Å². The maximum absolute atomic E-state index is 12.0. The highest BCUT2D eigenvalue weighted by atomic mass is 16.6. The van der Waals surface area contributed by atoms with E-state index in [1.807, 2.05) is 20.8 Å². The number of aliphatic hydroxyl groups excluding tert-OH is 1. The van der Waals surface area contributed by atoms with E-state index in [2.05, 4.69) is 0 Å². The Morgan fingerprint density at radius 1 is 1.14 bits per heavy atom. The Balaban J connectivity index is 2.42. The van der Waals surface area contributed by atoms with Crippen LogP contribution in [0.5, 0.6) is 0 Å². The number of benzene rings is 1. The van der Waals surface area contributed by atoms with Crippen LogP contribution in [0.1, 0.15) is 69.0 Å². The van der Waals surface area contributed by atoms with Crippen molar-refractivity contribution in [2.45, 2.75) is 58.7 Å². The van der Waals surface area contributed by atoms with Crippen LogP contribution in [0, 0.1) is 0 Å². The molecule has 1 aromatic carbocycles. The van der Waals surface area contributed by atoms with Crippen LogP contribution < -0.4 is 0 Å². The molecule has 4 nitrogen and oxygen atoms in total. The van der Waals surface area contributed by atoms with Gasteiger partial charge in [0.25, 0.3) is 0 Å². The molecule has 0 aliphatic rings. The minimum atomic E-state index is -0.540. The van der Waals surface area contributed by atoms with Gasteiger partial charge in [-0.15, -0.1) is 0 Å². The summed E-state index contributed by atoms with van der Waals surface area (Å²) in [6.45, 7) is 7.14. The molecule has 0 saturated carbocycles. The van der Waals surface area contributed by atoms with Gasteiger partial charge in [0.05, 0.1) is 6.10 Å². The molecule has 1 unspecified atom stereocenters. The molecule has 4 heteroatoms. The Morgan fingerprint density at radius 3 is 2.19 bits per heavy atom. The molecule has 0 aliphatic carbocycles. The quantitative estimate of drug-likeness (QED) is 0.644. The van der Waals surface area contributed by atoms with E-state index in [9.17, 15) is 14.7 Å². The molecule has 0 fully saturated rings. The first-order valence-electron chi connectivity index (χ1n) is 7.22. The van der Waals surface area contributed by atoms with Gasteiger partial charge in [0.2, 0.25) is 0 Å². The van der Waals surface area contributed by atoms with Crippen molar-refractivity contribution in [3.63, 3.8) is 0 Å². The Kier molecular flexibility index (Phi) is 6.09. The summed E-state index contributed by atoms with van der Waals surface area (Å²) < 4.78 is 5.19. The number of Topliss-reactive ketones (excluding diaryl/α,β-unsaturated/α-hetero) is 1. The molecule has 0 spiro atoms. The number of ketones is 1. The fourth-order valence-corrected chi connectivity index (χ4v) is 1.88. The molecule has 21 heavy (non-hydrogen) atoms. The first-order valence-corrected chi connectivity index (χ1v) is 7.22. The van der Waals surface area contributed by atoms with E-state index in [4.69, 9.17) is 4.74 Å². The number of hydrogen-bond donors (Lipinski definition) is 1. The Labute approximate surface area is 126 Å². The number of carbonyl (C=O) groups is 2. The second-order valence-corrected chi connectivity index (χ2v) is 6.16. The van der Waals surface area contributed by atoms with E-state index in [0.717, 1.165) is 5.56 Å². The van der Waals surface area contributed by atoms with E-state index in [1.54, 1.807) is 31.2 Å². The second-order valence-electron chi connectivity index (χ2n) is 6.16. The van der Waals surface area contributed by atoms with Crippen LogP contribution >= 0.6 is 0 Å². The van der Waals surface area contributed by atoms with Crippen molar-refractivity contribution in [3.05, 3.63) is 35.4 Å². The maximum atomic E-state index is 12.0. The number of ether oxygens (including phenoxy) is 1. The number of hydrogen-bond acceptors (Lipinski definition) is 4. The largest absolute Gasteiger partial charge is 0.460 e. The number of esters is 1. The summed E-state index contributed by atoms with van der Waals surface area (Å²) in [6.07, 6.45) is 0.495. The SMILES string of the molecule is CC(O)c1ccc(C(=O)CCCC(=O)OC(C)(C)C)cc1. The summed E-state index contributed by atoms with van der Waals surface area (Å²) in [5.41, 5.74) is 0.890. The molecule has 1 atom stereocenters. The average Bonchev–Trinajstić information content (AvgIpc) is 2.36. The maximum Gasteiger partial charge on any atom is 0.306 e. The number of aliphatic hydroxyl groups is 1. The van der Waals surface area contributed by atoms with E-state index in [0.29, 0.717) is 18.4 Å². The minimum absolute atomic E-state index is 0.00398. The Hall–Kier alpha value is -1.68. The van der Waals surface area contributed by atoms with Gasteiger partial charge in [-0.05, 0) is 39.7 Å². The summed E-state index contributed by atoms with van der Waals surface area (Å²) >= 11 is 0. The Bertz CT molecular complexity index is 481. The molecule has 0 saturated heterocycles. The number of carbonyl (C=O) groups excluding carboxylic acids is 2. The molecule has 1 N–H and O–H groups in total. The normalized spacial score (nSPS) is 12.8. The van der Waals surface area contributed by atoms with E-state index >= 15 is 0 Å². The van der Waals surface area contributed by atoms with Gasteiger partial charge < -0.3 is 9.84 Å². The van der Waals surface area contributed by atoms with Crippen molar-refractivity contribution in [1.29, 1.82) is 0 Å². The van der Waals surface area contributed by atoms with E-state index < -0.39 is 11.7 Å². The van der Waals surface area contributed by atoms with Crippen LogP contribution in [0.25, 0.3) is 0 Å². The lowest BCUT2D eigenvalue weighted by Gasteiger charge is -2.19. The highest BCUT2D eigenvalue weighted by Crippen LogP contribution is 2.15. The van der Waals surface area contributed by atoms with Gasteiger partial charge in [-0.1, -0.05) is 24.3 Å². The summed E-state index contributed by atoms with van der Waals surface area (Å²) in [5, 5.41) is 9.41. The first-order chi connectivity index (χ1) is 9.69. The Morgan fingerprint density at radius 2 is 1.71 bits per heavy atom. The molecule has 0 amide bonds. The average molecular weight is 292 g/mol. The zero-order chi connectivity index (χ0) is 16.0. The molecule has 1 aromatic rings. The van der Waals surface area contributed by atoms with Gasteiger partial charge in [0.15, 0.2) is 5.78 Å². The molecule has 1 rings (SSSR count). The van der Waals surface area contributed by atoms with E-state index in [-0.39, 0.29) is 18.2 Å². The predicted octanol–water partition coefficient (Wildman–Crippen LogP) is 3.43. The van der Waals surface area contributed by atoms with Crippen LogP contribution in [0.2, 0.25) is 0 Å². The zero-order valence-electron chi connectivity index (χ0n) is 13.2. The smallest absolute Gasteiger partial charge is 0.306 e. The number of rotatable bonds is 6. The highest BCUT2D eigenvalue weighted by Gasteiger charge is 2.16. The summed E-state index contributed by atoms with van der Waals surface area (Å²) in [7, 11) is 0. The second kappa shape index (κ2) is 7.36. The lowest BCUT2D eigenvalue weighted by atomic mass is 10.0. The van der Waals surface area contributed by atoms with E-state index in [1.165, 1.54) is 0 Å². The van der Waals surface area contributed by atoms with Crippen LogP contribution in [-0.4, -0.2) is 22.5 Å². The molecular weight excluding hydrogens is 268 g/mol. The van der Waals surface area contributed by atoms with Crippen molar-refractivity contribution in [2.75, 3.05) is 0 Å². The van der Waals surface area contributed by atoms with Crippen molar-refractivity contribution in [1.82, 2.24) is 0 Å². The van der Waals surface area contributed by atoms with Crippen LogP contribution in [0.15, 0.2) is 24.3 Å². The molecule has 116 valence electrons. The van der Waals surface area contributed by atoms with Gasteiger partial charge in [0, 0.05) is 18.4 Å². The van der Waals surface area contributed by atoms with Gasteiger partial charge in [-0.25, -0.2) is 0 Å². The van der Waals surface area contributed by atoms with Crippen molar-refractivity contribution in [2.24, 2.45) is 0 Å². The minimum Gasteiger partial charge on any atom is -0.460 e. The third kappa shape index (κ3) is 6.54. The fourth-order valence-electron chi connectivity index (χ4n) is 1.88. The predicted molar refractivity (Wildman–Crippen MR) is 81.1 cm³/mol. The van der Waals surface area contributed by atoms with Crippen LogP contribution in [-0.2, 0) is 9.53 Å². The third-order valence-corrected chi connectivity index (χ3v) is 2.92. The molecule has 0 aromatic heterocycles. The van der Waals surface area contributed by atoms with Crippen molar-refractivity contribution < 1.29 is 19.4 Å². The summed E-state index contributed by atoms with van der Waals surface area (Å²) in [5.74, 6) is -0.282. The van der Waals surface area contributed by atoms with Gasteiger partial charge in [-0.2, -0.15) is 0 Å². The monoisotopic (exact) mass is 292 g/mol. The summed E-state index contributed by atoms with van der Waals surface area (Å²) in [6, 6.07) is 6.90. The summed E-state index contributed by atoms with van der Waals surface area (Å²) in [4.78, 5) is 23.5. The van der Waals surface area contributed by atoms with Crippen LogP contribution in [0.4, 0.5) is 0 Å².